The van der Waals surface area contributed by atoms with Gasteiger partial charge in [-0.2, -0.15) is 0 Å². The molecule has 0 saturated carbocycles. The number of hydrogen-bond acceptors (Lipinski definition) is 4. The Hall–Kier alpha value is -2.27. The summed E-state index contributed by atoms with van der Waals surface area (Å²) in [7, 11) is 0. The Labute approximate surface area is 105 Å². The lowest BCUT2D eigenvalue weighted by atomic mass is 10.2. The first kappa shape index (κ1) is 12.2. The number of nitrogens with one attached hydrogen (secondary N) is 1. The van der Waals surface area contributed by atoms with E-state index in [1.807, 2.05) is 19.1 Å². The fourth-order valence-corrected chi connectivity index (χ4v) is 1.48. The fraction of sp³-hybridized carbons (Fsp3) is 0.154. The zero-order valence-corrected chi connectivity index (χ0v) is 10.1. The molecule has 2 aromatic heterocycles. The van der Waals surface area contributed by atoms with Crippen LogP contribution in [0, 0.1) is 6.92 Å². The molecule has 0 radical (unpaired) electrons. The summed E-state index contributed by atoms with van der Waals surface area (Å²) in [5.41, 5.74) is 8.27. The van der Waals surface area contributed by atoms with Gasteiger partial charge in [0, 0.05) is 24.0 Å². The molecular formula is C13H14N4O. The predicted octanol–water partition coefficient (Wildman–Crippen LogP) is 1.50. The normalized spacial score (nSPS) is 10.1. The van der Waals surface area contributed by atoms with Crippen molar-refractivity contribution >= 4 is 11.6 Å². The highest BCUT2D eigenvalue weighted by molar-refractivity contribution is 6.04. The smallest absolute Gasteiger partial charge is 0.255 e. The predicted molar refractivity (Wildman–Crippen MR) is 69.1 cm³/mol. The van der Waals surface area contributed by atoms with E-state index in [4.69, 9.17) is 5.73 Å². The van der Waals surface area contributed by atoms with Gasteiger partial charge < -0.3 is 11.1 Å². The van der Waals surface area contributed by atoms with E-state index >= 15 is 0 Å². The van der Waals surface area contributed by atoms with Crippen LogP contribution in [0.4, 0.5) is 5.69 Å². The standard InChI is InChI=1S/C13H14N4O/c1-9-2-3-11(8-16-9)17-13(18)10-4-5-15-12(6-10)7-14/h2-6,8H,7,14H2,1H3,(H,17,18). The van der Waals surface area contributed by atoms with Crippen LogP contribution >= 0.6 is 0 Å². The fourth-order valence-electron chi connectivity index (χ4n) is 1.48. The average Bonchev–Trinajstić information content (AvgIpc) is 2.41. The zero-order chi connectivity index (χ0) is 13.0. The summed E-state index contributed by atoms with van der Waals surface area (Å²) < 4.78 is 0. The third kappa shape index (κ3) is 2.89. The van der Waals surface area contributed by atoms with Gasteiger partial charge in [0.15, 0.2) is 0 Å². The van der Waals surface area contributed by atoms with Crippen molar-refractivity contribution in [3.05, 3.63) is 53.6 Å². The van der Waals surface area contributed by atoms with Gasteiger partial charge >= 0.3 is 0 Å². The molecule has 0 aliphatic carbocycles. The van der Waals surface area contributed by atoms with Crippen molar-refractivity contribution in [2.75, 3.05) is 5.32 Å². The quantitative estimate of drug-likeness (QED) is 0.854. The molecule has 2 heterocycles. The monoisotopic (exact) mass is 242 g/mol. The van der Waals surface area contributed by atoms with Gasteiger partial charge in [-0.1, -0.05) is 0 Å². The van der Waals surface area contributed by atoms with Crippen LogP contribution < -0.4 is 11.1 Å². The molecule has 2 rings (SSSR count). The van der Waals surface area contributed by atoms with Crippen LogP contribution in [-0.4, -0.2) is 15.9 Å². The number of aromatic nitrogens is 2. The maximum atomic E-state index is 12.0. The molecule has 2 aromatic rings. The molecule has 0 saturated heterocycles. The molecule has 0 atom stereocenters. The van der Waals surface area contributed by atoms with Crippen LogP contribution in [0.25, 0.3) is 0 Å². The Morgan fingerprint density at radius 3 is 2.83 bits per heavy atom. The maximum Gasteiger partial charge on any atom is 0.255 e. The van der Waals surface area contributed by atoms with Crippen LogP contribution in [0.3, 0.4) is 0 Å². The molecule has 0 aromatic carbocycles. The van der Waals surface area contributed by atoms with Gasteiger partial charge in [-0.15, -0.1) is 0 Å². The second-order valence-corrected chi connectivity index (χ2v) is 3.88. The Kier molecular flexibility index (Phi) is 3.64. The summed E-state index contributed by atoms with van der Waals surface area (Å²) in [4.78, 5) is 20.1. The summed E-state index contributed by atoms with van der Waals surface area (Å²) in [6.45, 7) is 2.20. The highest BCUT2D eigenvalue weighted by atomic mass is 16.1. The topological polar surface area (TPSA) is 80.9 Å². The second-order valence-electron chi connectivity index (χ2n) is 3.88. The number of rotatable bonds is 3. The van der Waals surface area contributed by atoms with Crippen LogP contribution in [-0.2, 0) is 6.54 Å². The number of anilines is 1. The minimum atomic E-state index is -0.197. The number of pyridine rings is 2. The van der Waals surface area contributed by atoms with Crippen LogP contribution in [0.1, 0.15) is 21.7 Å². The molecule has 0 aliphatic rings. The molecule has 0 bridgehead atoms. The largest absolute Gasteiger partial charge is 0.325 e. The Bertz CT molecular complexity index is 551. The third-order valence-electron chi connectivity index (χ3n) is 2.46. The maximum absolute atomic E-state index is 12.0. The summed E-state index contributed by atoms with van der Waals surface area (Å²) >= 11 is 0. The van der Waals surface area contributed by atoms with Gasteiger partial charge in [-0.3, -0.25) is 14.8 Å². The minimum absolute atomic E-state index is 0.197. The number of nitrogens with zero attached hydrogens (tertiary/aromatic N) is 2. The SMILES string of the molecule is Cc1ccc(NC(=O)c2ccnc(CN)c2)cn1. The molecule has 1 amide bonds. The Balaban J connectivity index is 2.14. The Morgan fingerprint density at radius 1 is 1.33 bits per heavy atom. The lowest BCUT2D eigenvalue weighted by Gasteiger charge is -2.05. The summed E-state index contributed by atoms with van der Waals surface area (Å²) in [6, 6.07) is 6.98. The van der Waals surface area contributed by atoms with Gasteiger partial charge in [0.2, 0.25) is 0 Å². The van der Waals surface area contributed by atoms with Crippen LogP contribution in [0.5, 0.6) is 0 Å². The van der Waals surface area contributed by atoms with E-state index in [1.165, 1.54) is 0 Å². The van der Waals surface area contributed by atoms with Crippen molar-refractivity contribution in [3.8, 4) is 0 Å². The first-order valence-electron chi connectivity index (χ1n) is 5.58. The molecule has 18 heavy (non-hydrogen) atoms. The van der Waals surface area contributed by atoms with E-state index in [9.17, 15) is 4.79 Å². The van der Waals surface area contributed by atoms with Crippen molar-refractivity contribution < 1.29 is 4.79 Å². The van der Waals surface area contributed by atoms with Gasteiger partial charge in [-0.05, 0) is 31.2 Å². The lowest BCUT2D eigenvalue weighted by Crippen LogP contribution is -2.13. The molecule has 3 N–H and O–H groups in total. The van der Waals surface area contributed by atoms with Crippen LogP contribution in [0.2, 0.25) is 0 Å². The summed E-state index contributed by atoms with van der Waals surface area (Å²) in [5, 5.41) is 2.77. The van der Waals surface area contributed by atoms with E-state index in [1.54, 1.807) is 24.5 Å². The van der Waals surface area contributed by atoms with Crippen molar-refractivity contribution in [1.82, 2.24) is 9.97 Å². The van der Waals surface area contributed by atoms with Crippen LogP contribution in [0.15, 0.2) is 36.7 Å². The molecule has 5 heteroatoms. The molecule has 0 fully saturated rings. The number of carbonyl (C=O) groups is 1. The van der Waals surface area contributed by atoms with Crippen molar-refractivity contribution in [2.24, 2.45) is 5.73 Å². The molecule has 0 spiro atoms. The van der Waals surface area contributed by atoms with E-state index < -0.39 is 0 Å². The average molecular weight is 242 g/mol. The van der Waals surface area contributed by atoms with Gasteiger partial charge in [0.1, 0.15) is 0 Å². The molecule has 92 valence electrons. The summed E-state index contributed by atoms with van der Waals surface area (Å²) in [5.74, 6) is -0.197. The summed E-state index contributed by atoms with van der Waals surface area (Å²) in [6.07, 6.45) is 3.20. The highest BCUT2D eigenvalue weighted by Gasteiger charge is 2.07. The number of amides is 1. The van der Waals surface area contributed by atoms with E-state index in [0.29, 0.717) is 23.5 Å². The zero-order valence-electron chi connectivity index (χ0n) is 10.1. The van der Waals surface area contributed by atoms with Crippen molar-refractivity contribution in [3.63, 3.8) is 0 Å². The number of aryl methyl sites for hydroxylation is 1. The number of carbonyl (C=O) groups excluding carboxylic acids is 1. The van der Waals surface area contributed by atoms with E-state index in [0.717, 1.165) is 5.69 Å². The lowest BCUT2D eigenvalue weighted by molar-refractivity contribution is 0.102. The minimum Gasteiger partial charge on any atom is -0.325 e. The molecular weight excluding hydrogens is 228 g/mol. The highest BCUT2D eigenvalue weighted by Crippen LogP contribution is 2.09. The van der Waals surface area contributed by atoms with Crippen molar-refractivity contribution in [2.45, 2.75) is 13.5 Å². The third-order valence-corrected chi connectivity index (χ3v) is 2.46. The van der Waals surface area contributed by atoms with E-state index in [2.05, 4.69) is 15.3 Å². The number of nitrogens with two attached hydrogens (primary N) is 1. The van der Waals surface area contributed by atoms with Gasteiger partial charge in [0.05, 0.1) is 17.6 Å². The molecule has 0 unspecified atom stereocenters. The Morgan fingerprint density at radius 2 is 2.17 bits per heavy atom. The first-order chi connectivity index (χ1) is 8.69. The van der Waals surface area contributed by atoms with Gasteiger partial charge in [0.25, 0.3) is 5.91 Å². The second kappa shape index (κ2) is 5.37. The molecule has 0 aliphatic heterocycles. The molecule has 5 nitrogen and oxygen atoms in total. The van der Waals surface area contributed by atoms with Gasteiger partial charge in [-0.25, -0.2) is 0 Å². The number of hydrogen-bond donors (Lipinski definition) is 2. The first-order valence-corrected chi connectivity index (χ1v) is 5.58. The van der Waals surface area contributed by atoms with Crippen molar-refractivity contribution in [1.29, 1.82) is 0 Å². The van der Waals surface area contributed by atoms with E-state index in [-0.39, 0.29) is 5.91 Å².